The second-order valence-electron chi connectivity index (χ2n) is 6.30. The lowest BCUT2D eigenvalue weighted by Gasteiger charge is -2.52. The van der Waals surface area contributed by atoms with Crippen molar-refractivity contribution in [3.63, 3.8) is 0 Å². The van der Waals surface area contributed by atoms with Crippen molar-refractivity contribution in [2.75, 3.05) is 19.6 Å². The van der Waals surface area contributed by atoms with Gasteiger partial charge >= 0.3 is 0 Å². The molecule has 19 heavy (non-hydrogen) atoms. The predicted molar refractivity (Wildman–Crippen MR) is 82.9 cm³/mol. The predicted octanol–water partition coefficient (Wildman–Crippen LogP) is 3.73. The maximum atomic E-state index is 3.65. The first-order valence-electron chi connectivity index (χ1n) is 7.74. The van der Waals surface area contributed by atoms with Gasteiger partial charge in [-0.05, 0) is 43.7 Å². The molecule has 2 aliphatic rings. The van der Waals surface area contributed by atoms with E-state index < -0.39 is 0 Å². The molecule has 3 heteroatoms. The smallest absolute Gasteiger partial charge is 0.0422 e. The standard InChI is InChI=1S/C16H26N2S/c1-13-6-11-19-15(13)14(2)18-10-9-17-12-16(18)7-4-3-5-8-16/h6,11,14,17H,3-5,7-10,12H2,1-2H3. The van der Waals surface area contributed by atoms with Gasteiger partial charge in [0.25, 0.3) is 0 Å². The van der Waals surface area contributed by atoms with Gasteiger partial charge in [-0.15, -0.1) is 11.3 Å². The molecule has 1 aliphatic heterocycles. The summed E-state index contributed by atoms with van der Waals surface area (Å²) < 4.78 is 0. The van der Waals surface area contributed by atoms with Gasteiger partial charge in [0.05, 0.1) is 0 Å². The molecule has 2 fully saturated rings. The topological polar surface area (TPSA) is 15.3 Å². The molecular formula is C16H26N2S. The van der Waals surface area contributed by atoms with Gasteiger partial charge in [-0.3, -0.25) is 4.90 Å². The SMILES string of the molecule is Cc1ccsc1C(C)N1CCNCC12CCCCC2. The highest BCUT2D eigenvalue weighted by Crippen LogP contribution is 2.41. The van der Waals surface area contributed by atoms with E-state index >= 15 is 0 Å². The Morgan fingerprint density at radius 3 is 2.79 bits per heavy atom. The lowest BCUT2D eigenvalue weighted by atomic mass is 9.78. The minimum absolute atomic E-state index is 0.437. The molecule has 1 saturated carbocycles. The molecular weight excluding hydrogens is 252 g/mol. The highest BCUT2D eigenvalue weighted by Gasteiger charge is 2.42. The van der Waals surface area contributed by atoms with Crippen molar-refractivity contribution in [3.8, 4) is 0 Å². The Morgan fingerprint density at radius 1 is 1.32 bits per heavy atom. The number of piperazine rings is 1. The summed E-state index contributed by atoms with van der Waals surface area (Å²) in [7, 11) is 0. The fourth-order valence-corrected chi connectivity index (χ4v) is 5.09. The van der Waals surface area contributed by atoms with Gasteiger partial charge in [-0.1, -0.05) is 19.3 Å². The largest absolute Gasteiger partial charge is 0.314 e. The Morgan fingerprint density at radius 2 is 2.11 bits per heavy atom. The molecule has 0 aromatic carbocycles. The summed E-state index contributed by atoms with van der Waals surface area (Å²) in [6.45, 7) is 8.23. The Labute approximate surface area is 121 Å². The molecule has 1 N–H and O–H groups in total. The van der Waals surface area contributed by atoms with Gasteiger partial charge in [0, 0.05) is 36.1 Å². The maximum Gasteiger partial charge on any atom is 0.0422 e. The molecule has 1 spiro atoms. The first-order valence-corrected chi connectivity index (χ1v) is 8.62. The van der Waals surface area contributed by atoms with E-state index in [2.05, 4.69) is 35.5 Å². The first kappa shape index (κ1) is 13.6. The maximum absolute atomic E-state index is 3.65. The Kier molecular flexibility index (Phi) is 3.97. The van der Waals surface area contributed by atoms with Crippen LogP contribution in [0, 0.1) is 6.92 Å². The molecule has 0 bridgehead atoms. The summed E-state index contributed by atoms with van der Waals surface area (Å²) in [6.07, 6.45) is 7.02. The number of nitrogens with one attached hydrogen (secondary N) is 1. The van der Waals surface area contributed by atoms with Crippen LogP contribution in [0.3, 0.4) is 0 Å². The van der Waals surface area contributed by atoms with Crippen molar-refractivity contribution in [2.45, 2.75) is 57.5 Å². The van der Waals surface area contributed by atoms with Crippen molar-refractivity contribution < 1.29 is 0 Å². The summed E-state index contributed by atoms with van der Waals surface area (Å²) in [5.74, 6) is 0. The molecule has 106 valence electrons. The van der Waals surface area contributed by atoms with Crippen LogP contribution in [-0.4, -0.2) is 30.1 Å². The van der Waals surface area contributed by atoms with E-state index in [1.165, 1.54) is 50.8 Å². The van der Waals surface area contributed by atoms with Crippen LogP contribution in [-0.2, 0) is 0 Å². The summed E-state index contributed by atoms with van der Waals surface area (Å²) in [5, 5.41) is 5.90. The van der Waals surface area contributed by atoms with Gasteiger partial charge in [0.2, 0.25) is 0 Å². The van der Waals surface area contributed by atoms with E-state index in [0.717, 1.165) is 6.54 Å². The molecule has 1 aromatic heterocycles. The van der Waals surface area contributed by atoms with E-state index in [1.807, 2.05) is 11.3 Å². The van der Waals surface area contributed by atoms with E-state index in [9.17, 15) is 0 Å². The zero-order valence-corrected chi connectivity index (χ0v) is 13.1. The molecule has 0 radical (unpaired) electrons. The molecule has 2 nitrogen and oxygen atoms in total. The monoisotopic (exact) mass is 278 g/mol. The van der Waals surface area contributed by atoms with E-state index in [0.29, 0.717) is 11.6 Å². The van der Waals surface area contributed by atoms with Gasteiger partial charge in [-0.2, -0.15) is 0 Å². The Hall–Kier alpha value is -0.380. The third-order valence-electron chi connectivity index (χ3n) is 5.13. The number of hydrogen-bond acceptors (Lipinski definition) is 3. The van der Waals surface area contributed by atoms with Gasteiger partial charge in [-0.25, -0.2) is 0 Å². The van der Waals surface area contributed by atoms with Crippen LogP contribution < -0.4 is 5.32 Å². The molecule has 3 rings (SSSR count). The zero-order valence-electron chi connectivity index (χ0n) is 12.2. The van der Waals surface area contributed by atoms with Crippen LogP contribution in [0.25, 0.3) is 0 Å². The first-order chi connectivity index (χ1) is 9.23. The number of nitrogens with zero attached hydrogens (tertiary/aromatic N) is 1. The Bertz CT molecular complexity index is 412. The second-order valence-corrected chi connectivity index (χ2v) is 7.25. The second kappa shape index (κ2) is 5.55. The number of rotatable bonds is 2. The van der Waals surface area contributed by atoms with E-state index in [-0.39, 0.29) is 0 Å². The lowest BCUT2D eigenvalue weighted by molar-refractivity contribution is -0.00190. The number of thiophene rings is 1. The fourth-order valence-electron chi connectivity index (χ4n) is 4.09. The van der Waals surface area contributed by atoms with Crippen LogP contribution in [0.15, 0.2) is 11.4 Å². The van der Waals surface area contributed by atoms with Crippen LogP contribution in [0.1, 0.15) is 55.5 Å². The Balaban J connectivity index is 1.86. The molecule has 1 unspecified atom stereocenters. The molecule has 2 heterocycles. The van der Waals surface area contributed by atoms with E-state index in [1.54, 1.807) is 4.88 Å². The summed E-state index contributed by atoms with van der Waals surface area (Å²) in [6, 6.07) is 2.85. The zero-order chi connectivity index (χ0) is 13.3. The van der Waals surface area contributed by atoms with Gasteiger partial charge in [0.15, 0.2) is 0 Å². The third-order valence-corrected chi connectivity index (χ3v) is 6.31. The third kappa shape index (κ3) is 2.48. The van der Waals surface area contributed by atoms with Crippen molar-refractivity contribution >= 4 is 11.3 Å². The molecule has 0 amide bonds. The molecule has 1 saturated heterocycles. The highest BCUT2D eigenvalue weighted by molar-refractivity contribution is 7.10. The highest BCUT2D eigenvalue weighted by atomic mass is 32.1. The molecule has 1 aromatic rings. The number of aryl methyl sites for hydroxylation is 1. The fraction of sp³-hybridized carbons (Fsp3) is 0.750. The van der Waals surface area contributed by atoms with Crippen molar-refractivity contribution in [1.29, 1.82) is 0 Å². The molecule has 1 aliphatic carbocycles. The van der Waals surface area contributed by atoms with Gasteiger partial charge < -0.3 is 5.32 Å². The number of hydrogen-bond donors (Lipinski definition) is 1. The average molecular weight is 278 g/mol. The van der Waals surface area contributed by atoms with Crippen LogP contribution in [0.5, 0.6) is 0 Å². The summed E-state index contributed by atoms with van der Waals surface area (Å²) in [5.41, 5.74) is 1.91. The summed E-state index contributed by atoms with van der Waals surface area (Å²) in [4.78, 5) is 4.40. The van der Waals surface area contributed by atoms with Crippen LogP contribution in [0.2, 0.25) is 0 Å². The average Bonchev–Trinajstić information content (AvgIpc) is 2.86. The minimum Gasteiger partial charge on any atom is -0.314 e. The van der Waals surface area contributed by atoms with Crippen molar-refractivity contribution in [3.05, 3.63) is 21.9 Å². The minimum atomic E-state index is 0.437. The van der Waals surface area contributed by atoms with Gasteiger partial charge in [0.1, 0.15) is 0 Å². The van der Waals surface area contributed by atoms with E-state index in [4.69, 9.17) is 0 Å². The quantitative estimate of drug-likeness (QED) is 0.887. The lowest BCUT2D eigenvalue weighted by Crippen LogP contribution is -2.62. The van der Waals surface area contributed by atoms with Crippen LogP contribution in [0.4, 0.5) is 0 Å². The van der Waals surface area contributed by atoms with Crippen LogP contribution >= 0.6 is 11.3 Å². The molecule has 1 atom stereocenters. The summed E-state index contributed by atoms with van der Waals surface area (Å²) >= 11 is 1.94. The van der Waals surface area contributed by atoms with Crippen molar-refractivity contribution in [2.24, 2.45) is 0 Å². The van der Waals surface area contributed by atoms with Crippen molar-refractivity contribution in [1.82, 2.24) is 10.2 Å². The normalized spacial score (nSPS) is 25.6.